The largest absolute Gasteiger partial charge is 0.292 e. The number of nitrogens with zero attached hydrogens (tertiary/aromatic N) is 2. The standard InChI is InChI=1S/C35H20N2S/c1-3-13-23-21(11-1)22-12-2-6-16-26(22)33-31(23)32-25-15-5-4-14-24(25)30-27-17-7-8-18-28(27)38-35(30)34(32)37(33)29-19-9-10-20-36-29/h1-20H. The molecule has 0 radical (unpaired) electrons. The second kappa shape index (κ2) is 7.41. The summed E-state index contributed by atoms with van der Waals surface area (Å²) >= 11 is 1.89. The molecule has 0 amide bonds. The van der Waals surface area contributed by atoms with Crippen molar-refractivity contribution in [2.24, 2.45) is 0 Å². The fourth-order valence-corrected chi connectivity index (χ4v) is 7.80. The Morgan fingerprint density at radius 2 is 0.974 bits per heavy atom. The molecule has 176 valence electrons. The molecule has 0 saturated heterocycles. The Balaban J connectivity index is 1.74. The Morgan fingerprint density at radius 1 is 0.447 bits per heavy atom. The van der Waals surface area contributed by atoms with Gasteiger partial charge in [-0.25, -0.2) is 4.98 Å². The normalized spacial score (nSPS) is 12.2. The highest BCUT2D eigenvalue weighted by Gasteiger charge is 2.24. The molecule has 0 aliphatic rings. The van der Waals surface area contributed by atoms with E-state index in [2.05, 4.69) is 114 Å². The molecule has 3 heterocycles. The minimum atomic E-state index is 0.946. The summed E-state index contributed by atoms with van der Waals surface area (Å²) < 4.78 is 5.06. The molecule has 0 aliphatic carbocycles. The molecule has 0 bridgehead atoms. The van der Waals surface area contributed by atoms with Gasteiger partial charge in [-0.05, 0) is 45.1 Å². The van der Waals surface area contributed by atoms with Gasteiger partial charge in [-0.3, -0.25) is 4.57 Å². The molecule has 3 aromatic heterocycles. The summed E-state index contributed by atoms with van der Waals surface area (Å²) in [5, 5.41) is 13.0. The highest BCUT2D eigenvalue weighted by Crippen LogP contribution is 2.50. The van der Waals surface area contributed by atoms with E-state index in [1.807, 2.05) is 23.6 Å². The highest BCUT2D eigenvalue weighted by atomic mass is 32.1. The molecule has 0 aliphatic heterocycles. The molecule has 0 unspecified atom stereocenters. The molecule has 2 nitrogen and oxygen atoms in total. The van der Waals surface area contributed by atoms with Crippen molar-refractivity contribution >= 4 is 85.6 Å². The van der Waals surface area contributed by atoms with Crippen molar-refractivity contribution in [3.63, 3.8) is 0 Å². The van der Waals surface area contributed by atoms with E-state index in [4.69, 9.17) is 4.98 Å². The van der Waals surface area contributed by atoms with Gasteiger partial charge in [-0.15, -0.1) is 11.3 Å². The summed E-state index contributed by atoms with van der Waals surface area (Å²) in [5.74, 6) is 0.946. The predicted molar refractivity (Wildman–Crippen MR) is 164 cm³/mol. The molecule has 9 aromatic rings. The third-order valence-electron chi connectivity index (χ3n) is 7.99. The lowest BCUT2D eigenvalue weighted by Crippen LogP contribution is -1.97. The van der Waals surface area contributed by atoms with E-state index in [0.29, 0.717) is 0 Å². The number of benzene rings is 6. The first-order valence-corrected chi connectivity index (χ1v) is 13.7. The van der Waals surface area contributed by atoms with Crippen molar-refractivity contribution in [1.82, 2.24) is 9.55 Å². The van der Waals surface area contributed by atoms with Gasteiger partial charge in [0.25, 0.3) is 0 Å². The molecule has 0 spiro atoms. The van der Waals surface area contributed by atoms with Gasteiger partial charge in [0.05, 0.1) is 15.7 Å². The number of thiophene rings is 1. The third-order valence-corrected chi connectivity index (χ3v) is 9.17. The summed E-state index contributed by atoms with van der Waals surface area (Å²) in [5.41, 5.74) is 2.47. The summed E-state index contributed by atoms with van der Waals surface area (Å²) in [6, 6.07) is 41.7. The van der Waals surface area contributed by atoms with Crippen LogP contribution < -0.4 is 0 Å². The van der Waals surface area contributed by atoms with Crippen LogP contribution in [0.3, 0.4) is 0 Å². The number of fused-ring (bicyclic) bond motifs is 15. The van der Waals surface area contributed by atoms with Crippen LogP contribution in [-0.2, 0) is 0 Å². The van der Waals surface area contributed by atoms with E-state index < -0.39 is 0 Å². The lowest BCUT2D eigenvalue weighted by molar-refractivity contribution is 1.09. The van der Waals surface area contributed by atoms with Gasteiger partial charge in [-0.1, -0.05) is 97.1 Å². The second-order valence-electron chi connectivity index (χ2n) is 9.91. The van der Waals surface area contributed by atoms with Crippen LogP contribution in [0.1, 0.15) is 0 Å². The maximum Gasteiger partial charge on any atom is 0.137 e. The molecule has 6 aromatic carbocycles. The van der Waals surface area contributed by atoms with E-state index in [9.17, 15) is 0 Å². The Hall–Kier alpha value is -4.73. The Morgan fingerprint density at radius 3 is 1.68 bits per heavy atom. The van der Waals surface area contributed by atoms with Gasteiger partial charge in [0.2, 0.25) is 0 Å². The number of aromatic nitrogens is 2. The topological polar surface area (TPSA) is 17.8 Å². The van der Waals surface area contributed by atoms with E-state index in [0.717, 1.165) is 5.82 Å². The number of hydrogen-bond acceptors (Lipinski definition) is 2. The second-order valence-corrected chi connectivity index (χ2v) is 11.0. The van der Waals surface area contributed by atoms with Crippen LogP contribution in [0, 0.1) is 0 Å². The van der Waals surface area contributed by atoms with Crippen LogP contribution in [0.25, 0.3) is 80.1 Å². The molecular weight excluding hydrogens is 480 g/mol. The van der Waals surface area contributed by atoms with Crippen molar-refractivity contribution in [2.75, 3.05) is 0 Å². The average molecular weight is 501 g/mol. The summed E-state index contributed by atoms with van der Waals surface area (Å²) in [7, 11) is 0. The van der Waals surface area contributed by atoms with Crippen LogP contribution in [0.4, 0.5) is 0 Å². The lowest BCUT2D eigenvalue weighted by Gasteiger charge is -2.11. The quantitative estimate of drug-likeness (QED) is 0.205. The minimum absolute atomic E-state index is 0.946. The lowest BCUT2D eigenvalue weighted by atomic mass is 9.94. The molecule has 9 rings (SSSR count). The first-order chi connectivity index (χ1) is 18.9. The van der Waals surface area contributed by atoms with E-state index in [-0.39, 0.29) is 0 Å². The molecule has 0 saturated carbocycles. The van der Waals surface area contributed by atoms with Crippen LogP contribution in [0.15, 0.2) is 121 Å². The number of rotatable bonds is 1. The fraction of sp³-hybridized carbons (Fsp3) is 0. The molecule has 38 heavy (non-hydrogen) atoms. The van der Waals surface area contributed by atoms with Gasteiger partial charge in [0, 0.05) is 37.8 Å². The Bertz CT molecular complexity index is 2390. The molecule has 0 fully saturated rings. The average Bonchev–Trinajstić information content (AvgIpc) is 3.55. The van der Waals surface area contributed by atoms with E-state index in [1.165, 1.54) is 74.3 Å². The van der Waals surface area contributed by atoms with Gasteiger partial charge < -0.3 is 0 Å². The smallest absolute Gasteiger partial charge is 0.137 e. The fourth-order valence-electron chi connectivity index (χ4n) is 6.54. The van der Waals surface area contributed by atoms with Crippen LogP contribution in [0.5, 0.6) is 0 Å². The maximum atomic E-state index is 4.92. The van der Waals surface area contributed by atoms with Crippen molar-refractivity contribution in [3.05, 3.63) is 121 Å². The highest BCUT2D eigenvalue weighted by molar-refractivity contribution is 7.27. The monoisotopic (exact) mass is 500 g/mol. The van der Waals surface area contributed by atoms with Gasteiger partial charge in [0.1, 0.15) is 5.82 Å². The predicted octanol–water partition coefficient (Wildman–Crippen LogP) is 10.0. The van der Waals surface area contributed by atoms with Crippen LogP contribution in [0.2, 0.25) is 0 Å². The zero-order valence-electron chi connectivity index (χ0n) is 20.3. The van der Waals surface area contributed by atoms with Crippen molar-refractivity contribution in [3.8, 4) is 5.82 Å². The third kappa shape index (κ3) is 2.49. The van der Waals surface area contributed by atoms with Gasteiger partial charge in [-0.2, -0.15) is 0 Å². The van der Waals surface area contributed by atoms with Crippen molar-refractivity contribution in [2.45, 2.75) is 0 Å². The first-order valence-electron chi connectivity index (χ1n) is 12.9. The van der Waals surface area contributed by atoms with Crippen LogP contribution in [-0.4, -0.2) is 9.55 Å². The van der Waals surface area contributed by atoms with E-state index in [1.54, 1.807) is 0 Å². The van der Waals surface area contributed by atoms with Gasteiger partial charge in [0.15, 0.2) is 0 Å². The van der Waals surface area contributed by atoms with Crippen LogP contribution >= 0.6 is 11.3 Å². The molecule has 3 heteroatoms. The van der Waals surface area contributed by atoms with E-state index >= 15 is 0 Å². The summed E-state index contributed by atoms with van der Waals surface area (Å²) in [6.07, 6.45) is 1.90. The first kappa shape index (κ1) is 20.3. The Kier molecular flexibility index (Phi) is 3.96. The maximum absolute atomic E-state index is 4.92. The van der Waals surface area contributed by atoms with Crippen molar-refractivity contribution in [1.29, 1.82) is 0 Å². The number of hydrogen-bond donors (Lipinski definition) is 0. The zero-order valence-corrected chi connectivity index (χ0v) is 21.2. The summed E-state index contributed by atoms with van der Waals surface area (Å²) in [6.45, 7) is 0. The molecule has 0 atom stereocenters. The summed E-state index contributed by atoms with van der Waals surface area (Å²) in [4.78, 5) is 4.92. The molecular formula is C35H20N2S. The SMILES string of the molecule is c1ccc(-n2c3c4ccccc4c4ccccc4c3c3c4ccccc4c4c5ccccc5sc4c32)nc1. The zero-order chi connectivity index (χ0) is 24.8. The molecule has 0 N–H and O–H groups in total. The Labute approximate surface area is 222 Å². The van der Waals surface area contributed by atoms with Gasteiger partial charge >= 0.3 is 0 Å². The number of pyridine rings is 1. The van der Waals surface area contributed by atoms with Crippen molar-refractivity contribution < 1.29 is 0 Å². The minimum Gasteiger partial charge on any atom is -0.292 e.